The highest BCUT2D eigenvalue weighted by Gasteiger charge is 2.22. The van der Waals surface area contributed by atoms with Crippen LogP contribution < -0.4 is 9.46 Å². The number of ether oxygens (including phenoxy) is 1. The average Bonchev–Trinajstić information content (AvgIpc) is 2.58. The molecule has 122 valence electrons. The Morgan fingerprint density at radius 2 is 2.14 bits per heavy atom. The van der Waals surface area contributed by atoms with Crippen molar-refractivity contribution < 1.29 is 22.3 Å². The number of benzene rings is 1. The predicted octanol–water partition coefficient (Wildman–Crippen LogP) is -0.0573. The second-order valence-electron chi connectivity index (χ2n) is 5.04. The summed E-state index contributed by atoms with van der Waals surface area (Å²) in [6, 6.07) is 4.06. The van der Waals surface area contributed by atoms with Crippen molar-refractivity contribution >= 4 is 16.1 Å². The number of nitrogens with one attached hydrogen (secondary N) is 1. The normalized spacial score (nSPS) is 15.5. The third kappa shape index (κ3) is 3.93. The zero-order valence-corrected chi connectivity index (χ0v) is 13.2. The highest BCUT2D eigenvalue weighted by Crippen LogP contribution is 2.24. The smallest absolute Gasteiger partial charge is 0.278 e. The molecule has 0 aromatic heterocycles. The van der Waals surface area contributed by atoms with Gasteiger partial charge in [-0.3, -0.25) is 4.79 Å². The van der Waals surface area contributed by atoms with Crippen molar-refractivity contribution in [2.75, 3.05) is 33.8 Å². The maximum Gasteiger partial charge on any atom is 0.278 e. The summed E-state index contributed by atoms with van der Waals surface area (Å²) in [7, 11) is -0.721. The van der Waals surface area contributed by atoms with E-state index in [4.69, 9.17) is 4.74 Å². The van der Waals surface area contributed by atoms with E-state index in [0.717, 1.165) is 4.31 Å². The van der Waals surface area contributed by atoms with Gasteiger partial charge in [0.25, 0.3) is 16.1 Å². The van der Waals surface area contributed by atoms with Gasteiger partial charge in [0, 0.05) is 39.3 Å². The van der Waals surface area contributed by atoms with Gasteiger partial charge in [0.1, 0.15) is 11.6 Å². The average molecular weight is 331 g/mol. The zero-order valence-electron chi connectivity index (χ0n) is 12.4. The first-order valence-corrected chi connectivity index (χ1v) is 8.10. The van der Waals surface area contributed by atoms with Gasteiger partial charge in [-0.05, 0) is 18.2 Å². The topological polar surface area (TPSA) is 79.0 Å². The Morgan fingerprint density at radius 3 is 2.82 bits per heavy atom. The van der Waals surface area contributed by atoms with Crippen LogP contribution in [0.5, 0.6) is 5.75 Å². The molecule has 1 heterocycles. The molecule has 0 unspecified atom stereocenters. The van der Waals surface area contributed by atoms with Crippen molar-refractivity contribution in [1.82, 2.24) is 13.9 Å². The maximum absolute atomic E-state index is 13.3. The monoisotopic (exact) mass is 331 g/mol. The lowest BCUT2D eigenvalue weighted by molar-refractivity contribution is -0.133. The minimum atomic E-state index is -3.54. The lowest BCUT2D eigenvalue weighted by Gasteiger charge is -2.21. The van der Waals surface area contributed by atoms with E-state index in [1.807, 2.05) is 0 Å². The van der Waals surface area contributed by atoms with Gasteiger partial charge in [-0.15, -0.1) is 0 Å². The van der Waals surface area contributed by atoms with E-state index in [0.29, 0.717) is 11.3 Å². The first-order valence-electron chi connectivity index (χ1n) is 6.66. The molecule has 0 bridgehead atoms. The molecular formula is C13H18FN3O4S. The molecule has 1 aromatic rings. The highest BCUT2D eigenvalue weighted by atomic mass is 32.2. The molecule has 0 radical (unpaired) electrons. The van der Waals surface area contributed by atoms with Crippen LogP contribution in [0.25, 0.3) is 0 Å². The van der Waals surface area contributed by atoms with Crippen LogP contribution in [0.15, 0.2) is 18.2 Å². The van der Waals surface area contributed by atoms with E-state index >= 15 is 0 Å². The lowest BCUT2D eigenvalue weighted by Crippen LogP contribution is -2.42. The first-order chi connectivity index (χ1) is 10.3. The minimum absolute atomic E-state index is 0.0664. The van der Waals surface area contributed by atoms with Crippen molar-refractivity contribution in [2.45, 2.75) is 6.54 Å². The first kappa shape index (κ1) is 16.7. The number of nitrogens with zero attached hydrogens (tertiary/aromatic N) is 2. The molecule has 2 rings (SSSR count). The zero-order chi connectivity index (χ0) is 16.3. The van der Waals surface area contributed by atoms with Crippen LogP contribution in [0.4, 0.5) is 4.39 Å². The van der Waals surface area contributed by atoms with E-state index in [9.17, 15) is 17.6 Å². The molecule has 1 N–H and O–H groups in total. The molecule has 1 amide bonds. The Kier molecular flexibility index (Phi) is 4.99. The van der Waals surface area contributed by atoms with Crippen LogP contribution in [0.3, 0.4) is 0 Å². The second kappa shape index (κ2) is 6.59. The molecule has 1 aliphatic rings. The van der Waals surface area contributed by atoms with Gasteiger partial charge in [0.2, 0.25) is 0 Å². The minimum Gasteiger partial charge on any atom is -0.483 e. The van der Waals surface area contributed by atoms with Gasteiger partial charge in [-0.25, -0.2) is 9.11 Å². The molecule has 0 atom stereocenters. The molecule has 7 nitrogen and oxygen atoms in total. The predicted molar refractivity (Wildman–Crippen MR) is 77.9 cm³/mol. The van der Waals surface area contributed by atoms with Crippen LogP contribution in [0, 0.1) is 5.82 Å². The van der Waals surface area contributed by atoms with Crippen LogP contribution in [-0.2, 0) is 21.5 Å². The summed E-state index contributed by atoms with van der Waals surface area (Å²) >= 11 is 0. The van der Waals surface area contributed by atoms with Gasteiger partial charge in [0.15, 0.2) is 6.61 Å². The van der Waals surface area contributed by atoms with E-state index in [-0.39, 0.29) is 32.1 Å². The van der Waals surface area contributed by atoms with E-state index < -0.39 is 16.0 Å². The fourth-order valence-electron chi connectivity index (χ4n) is 1.98. The highest BCUT2D eigenvalue weighted by molar-refractivity contribution is 7.87. The summed E-state index contributed by atoms with van der Waals surface area (Å²) in [6.07, 6.45) is 0. The Morgan fingerprint density at radius 1 is 1.41 bits per heavy atom. The van der Waals surface area contributed by atoms with Crippen LogP contribution in [0.1, 0.15) is 5.56 Å². The molecule has 22 heavy (non-hydrogen) atoms. The van der Waals surface area contributed by atoms with Gasteiger partial charge in [-0.1, -0.05) is 0 Å². The number of rotatable bonds is 5. The molecule has 0 fully saturated rings. The van der Waals surface area contributed by atoms with Crippen molar-refractivity contribution in [3.05, 3.63) is 29.6 Å². The lowest BCUT2D eigenvalue weighted by atomic mass is 10.2. The number of hydrogen-bond acceptors (Lipinski definition) is 4. The fourth-order valence-corrected chi connectivity index (χ4v) is 2.59. The second-order valence-corrected chi connectivity index (χ2v) is 7.01. The van der Waals surface area contributed by atoms with Gasteiger partial charge < -0.3 is 9.64 Å². The number of carbonyl (C=O) groups excluding carboxylic acids is 1. The third-order valence-electron chi connectivity index (χ3n) is 3.23. The quantitative estimate of drug-likeness (QED) is 0.820. The number of fused-ring (bicyclic) bond motifs is 1. The Bertz CT molecular complexity index is 663. The number of amides is 1. The van der Waals surface area contributed by atoms with Crippen molar-refractivity contribution in [1.29, 1.82) is 0 Å². The Hall–Kier alpha value is -1.71. The molecule has 0 saturated heterocycles. The Balaban J connectivity index is 2.03. The SMILES string of the molecule is CN(C)S(=O)(=O)NCCN1Cc2cc(F)ccc2OCC1=O. The largest absolute Gasteiger partial charge is 0.483 e. The van der Waals surface area contributed by atoms with E-state index in [1.165, 1.54) is 37.2 Å². The van der Waals surface area contributed by atoms with Crippen LogP contribution >= 0.6 is 0 Å². The number of hydrogen-bond donors (Lipinski definition) is 1. The van der Waals surface area contributed by atoms with Gasteiger partial charge in [0.05, 0.1) is 0 Å². The van der Waals surface area contributed by atoms with Gasteiger partial charge >= 0.3 is 0 Å². The van der Waals surface area contributed by atoms with Crippen molar-refractivity contribution in [2.24, 2.45) is 0 Å². The molecule has 1 aliphatic heterocycles. The summed E-state index contributed by atoms with van der Waals surface area (Å²) in [6.45, 7) is 0.261. The van der Waals surface area contributed by atoms with E-state index in [2.05, 4.69) is 4.72 Å². The molecular weight excluding hydrogens is 313 g/mol. The number of halogens is 1. The van der Waals surface area contributed by atoms with Crippen molar-refractivity contribution in [3.63, 3.8) is 0 Å². The summed E-state index contributed by atoms with van der Waals surface area (Å²) in [4.78, 5) is 13.4. The van der Waals surface area contributed by atoms with E-state index in [1.54, 1.807) is 0 Å². The summed E-state index contributed by atoms with van der Waals surface area (Å²) in [5.74, 6) is -0.225. The summed E-state index contributed by atoms with van der Waals surface area (Å²) in [5.41, 5.74) is 0.557. The van der Waals surface area contributed by atoms with Crippen LogP contribution in [-0.4, -0.2) is 57.3 Å². The molecule has 0 spiro atoms. The van der Waals surface area contributed by atoms with Gasteiger partial charge in [-0.2, -0.15) is 12.7 Å². The third-order valence-corrected chi connectivity index (χ3v) is 4.76. The molecule has 9 heteroatoms. The summed E-state index contributed by atoms with van der Waals surface area (Å²) in [5, 5.41) is 0. The molecule has 1 aromatic carbocycles. The summed E-state index contributed by atoms with van der Waals surface area (Å²) < 4.78 is 45.2. The number of carbonyl (C=O) groups is 1. The fraction of sp³-hybridized carbons (Fsp3) is 0.462. The Labute approximate surface area is 128 Å². The van der Waals surface area contributed by atoms with Crippen LogP contribution in [0.2, 0.25) is 0 Å². The van der Waals surface area contributed by atoms with Crippen molar-refractivity contribution in [3.8, 4) is 5.75 Å². The standard InChI is InChI=1S/C13H18FN3O4S/c1-16(2)22(19,20)15-5-6-17-8-10-7-11(14)3-4-12(10)21-9-13(17)18/h3-4,7,15H,5-6,8-9H2,1-2H3. The molecule has 0 saturated carbocycles. The molecule has 0 aliphatic carbocycles. The maximum atomic E-state index is 13.3.